The van der Waals surface area contributed by atoms with E-state index in [2.05, 4.69) is 17.2 Å². The Kier molecular flexibility index (Phi) is 21.0. The number of ether oxygens (including phenoxy) is 3. The average Bonchev–Trinajstić information content (AvgIpc) is 3.68. The number of ketones is 1. The molecular formula is C36H59N3O6S. The Labute approximate surface area is 281 Å². The highest BCUT2D eigenvalue weighted by atomic mass is 32.1. The van der Waals surface area contributed by atoms with E-state index < -0.39 is 18.3 Å². The third-order valence-corrected chi connectivity index (χ3v) is 9.13. The lowest BCUT2D eigenvalue weighted by Gasteiger charge is -2.17. The van der Waals surface area contributed by atoms with E-state index in [1.165, 1.54) is 108 Å². The highest BCUT2D eigenvalue weighted by molar-refractivity contribution is 7.09. The summed E-state index contributed by atoms with van der Waals surface area (Å²) in [6.07, 6.45) is 22.0. The number of rotatable bonds is 26. The summed E-state index contributed by atoms with van der Waals surface area (Å²) in [5, 5.41) is 5.65. The first-order chi connectivity index (χ1) is 22.4. The maximum absolute atomic E-state index is 13.1. The maximum atomic E-state index is 13.1. The molecule has 0 bridgehead atoms. The summed E-state index contributed by atoms with van der Waals surface area (Å²) >= 11 is 1.55. The lowest BCUT2D eigenvalue weighted by Crippen LogP contribution is -2.33. The summed E-state index contributed by atoms with van der Waals surface area (Å²) in [5.41, 5.74) is 1.70. The minimum atomic E-state index is -0.664. The smallest absolute Gasteiger partial charge is 0.418 e. The fourth-order valence-corrected chi connectivity index (χ4v) is 6.26. The number of methoxy groups -OCH3 is 1. The molecule has 0 saturated heterocycles. The van der Waals surface area contributed by atoms with Crippen LogP contribution in [0.4, 0.5) is 9.59 Å². The van der Waals surface area contributed by atoms with Gasteiger partial charge in [-0.1, -0.05) is 103 Å². The van der Waals surface area contributed by atoms with E-state index in [1.54, 1.807) is 24.5 Å². The molecule has 1 unspecified atom stereocenters. The van der Waals surface area contributed by atoms with Crippen molar-refractivity contribution in [2.24, 2.45) is 0 Å². The van der Waals surface area contributed by atoms with Crippen LogP contribution in [0, 0.1) is 6.92 Å². The molecule has 0 radical (unpaired) electrons. The molecule has 0 aliphatic carbocycles. The normalized spacial score (nSPS) is 11.8. The largest absolute Gasteiger partial charge is 0.447 e. The summed E-state index contributed by atoms with van der Waals surface area (Å²) in [7, 11) is 1.47. The van der Waals surface area contributed by atoms with E-state index in [1.807, 2.05) is 11.4 Å². The highest BCUT2D eigenvalue weighted by Crippen LogP contribution is 2.20. The van der Waals surface area contributed by atoms with Crippen molar-refractivity contribution in [1.82, 2.24) is 14.9 Å². The predicted molar refractivity (Wildman–Crippen MR) is 185 cm³/mol. The fourth-order valence-electron chi connectivity index (χ4n) is 5.64. The SMILES string of the molecule is CCCCCCCCCCCCCCCCCCNC(=O)OCC(COC(=O)n1c(CCc2nccs2)cc(C)c1C(C)=O)OC. The van der Waals surface area contributed by atoms with Crippen LogP contribution in [0.25, 0.3) is 0 Å². The Morgan fingerprint density at radius 3 is 1.93 bits per heavy atom. The van der Waals surface area contributed by atoms with Crippen molar-refractivity contribution in [3.05, 3.63) is 39.6 Å². The minimum Gasteiger partial charge on any atom is -0.447 e. The highest BCUT2D eigenvalue weighted by Gasteiger charge is 2.23. The molecule has 1 N–H and O–H groups in total. The Morgan fingerprint density at radius 2 is 1.41 bits per heavy atom. The molecule has 0 spiro atoms. The number of Topliss-reactive ketones (excluding diaryl/α,β-unsaturated/α-hetero) is 1. The van der Waals surface area contributed by atoms with Gasteiger partial charge in [0, 0.05) is 44.3 Å². The molecule has 0 aliphatic heterocycles. The van der Waals surface area contributed by atoms with E-state index in [0.29, 0.717) is 36.3 Å². The zero-order chi connectivity index (χ0) is 33.4. The summed E-state index contributed by atoms with van der Waals surface area (Å²) in [6.45, 7) is 5.89. The van der Waals surface area contributed by atoms with Crippen molar-refractivity contribution in [2.45, 2.75) is 142 Å². The molecule has 9 nitrogen and oxygen atoms in total. The van der Waals surface area contributed by atoms with E-state index in [0.717, 1.165) is 17.8 Å². The first kappa shape index (κ1) is 39.5. The van der Waals surface area contributed by atoms with Gasteiger partial charge in [0.05, 0.1) is 10.7 Å². The number of aryl methyl sites for hydroxylation is 3. The first-order valence-corrected chi connectivity index (χ1v) is 18.5. The van der Waals surface area contributed by atoms with Gasteiger partial charge in [-0.2, -0.15) is 0 Å². The molecule has 260 valence electrons. The molecule has 2 aromatic rings. The monoisotopic (exact) mass is 661 g/mol. The fraction of sp³-hybridized carbons (Fsp3) is 0.722. The molecule has 0 aliphatic rings. The lowest BCUT2D eigenvalue weighted by atomic mass is 10.0. The molecule has 2 heterocycles. The summed E-state index contributed by atoms with van der Waals surface area (Å²) < 4.78 is 17.5. The summed E-state index contributed by atoms with van der Waals surface area (Å²) in [4.78, 5) is 41.9. The van der Waals surface area contributed by atoms with Crippen molar-refractivity contribution >= 4 is 29.3 Å². The van der Waals surface area contributed by atoms with Gasteiger partial charge in [-0.3, -0.25) is 4.79 Å². The number of carbonyl (C=O) groups is 3. The second kappa shape index (κ2) is 24.5. The number of aromatic nitrogens is 2. The summed E-state index contributed by atoms with van der Waals surface area (Å²) in [6, 6.07) is 1.84. The average molecular weight is 662 g/mol. The van der Waals surface area contributed by atoms with Crippen LogP contribution in [0.3, 0.4) is 0 Å². The number of hydrogen-bond acceptors (Lipinski definition) is 8. The van der Waals surface area contributed by atoms with Crippen LogP contribution in [0.15, 0.2) is 17.6 Å². The number of amides is 1. The van der Waals surface area contributed by atoms with Crippen molar-refractivity contribution in [3.63, 3.8) is 0 Å². The third kappa shape index (κ3) is 16.2. The molecule has 10 heteroatoms. The van der Waals surface area contributed by atoms with Crippen LogP contribution in [0.5, 0.6) is 0 Å². The third-order valence-electron chi connectivity index (χ3n) is 8.29. The zero-order valence-electron chi connectivity index (χ0n) is 28.9. The van der Waals surface area contributed by atoms with Gasteiger partial charge < -0.3 is 19.5 Å². The van der Waals surface area contributed by atoms with Crippen molar-refractivity contribution in [3.8, 4) is 0 Å². The number of nitrogens with one attached hydrogen (secondary N) is 1. The standard InChI is InChI=1S/C36H59N3O6S/c1-5-6-7-8-9-10-11-12-13-14-15-16-17-18-19-20-23-38-35(41)44-27-32(43-4)28-45-36(42)39-31(21-22-33-37-24-25-46-33)26-29(2)34(39)30(3)40/h24-26,32H,5-23,27-28H2,1-4H3,(H,38,41). The lowest BCUT2D eigenvalue weighted by molar-refractivity contribution is -0.00444. The van der Waals surface area contributed by atoms with E-state index in [-0.39, 0.29) is 19.0 Å². The molecule has 1 amide bonds. The first-order valence-electron chi connectivity index (χ1n) is 17.6. The number of hydrogen-bond donors (Lipinski definition) is 1. The van der Waals surface area contributed by atoms with E-state index in [9.17, 15) is 14.4 Å². The molecule has 46 heavy (non-hydrogen) atoms. The van der Waals surface area contributed by atoms with Gasteiger partial charge in [0.2, 0.25) is 0 Å². The number of thiazole rings is 1. The maximum Gasteiger partial charge on any atom is 0.418 e. The van der Waals surface area contributed by atoms with Crippen LogP contribution in [0.1, 0.15) is 143 Å². The van der Waals surface area contributed by atoms with Crippen molar-refractivity contribution < 1.29 is 28.6 Å². The van der Waals surface area contributed by atoms with Crippen molar-refractivity contribution in [1.29, 1.82) is 0 Å². The molecule has 0 saturated carbocycles. The topological polar surface area (TPSA) is 109 Å². The number of alkyl carbamates (subject to hydrolysis) is 1. The van der Waals surface area contributed by atoms with E-state index >= 15 is 0 Å². The second-order valence-corrected chi connectivity index (χ2v) is 13.2. The molecule has 1 atom stereocenters. The van der Waals surface area contributed by atoms with Gasteiger partial charge in [-0.15, -0.1) is 11.3 Å². The van der Waals surface area contributed by atoms with Gasteiger partial charge in [0.15, 0.2) is 5.78 Å². The Hall–Kier alpha value is -2.72. The zero-order valence-corrected chi connectivity index (χ0v) is 29.7. The van der Waals surface area contributed by atoms with Crippen LogP contribution >= 0.6 is 11.3 Å². The quantitative estimate of drug-likeness (QED) is 0.0791. The number of unbranched alkanes of at least 4 members (excludes halogenated alkanes) is 15. The van der Waals surface area contributed by atoms with Crippen molar-refractivity contribution in [2.75, 3.05) is 26.9 Å². The number of nitrogens with zero attached hydrogens (tertiary/aromatic N) is 2. The van der Waals surface area contributed by atoms with Crippen LogP contribution in [-0.4, -0.2) is 60.5 Å². The Morgan fingerprint density at radius 1 is 0.848 bits per heavy atom. The van der Waals surface area contributed by atoms with Gasteiger partial charge >= 0.3 is 12.2 Å². The van der Waals surface area contributed by atoms with Crippen LogP contribution < -0.4 is 5.32 Å². The van der Waals surface area contributed by atoms with Gasteiger partial charge in [0.1, 0.15) is 19.3 Å². The van der Waals surface area contributed by atoms with Gasteiger partial charge in [0.25, 0.3) is 0 Å². The number of carbonyl (C=O) groups excluding carboxylic acids is 3. The second-order valence-electron chi connectivity index (χ2n) is 12.2. The van der Waals surface area contributed by atoms with Gasteiger partial charge in [-0.25, -0.2) is 19.1 Å². The molecule has 2 aromatic heterocycles. The van der Waals surface area contributed by atoms with Crippen LogP contribution in [0.2, 0.25) is 0 Å². The van der Waals surface area contributed by atoms with Crippen LogP contribution in [-0.2, 0) is 27.1 Å². The minimum absolute atomic E-state index is 0.0598. The molecule has 0 aromatic carbocycles. The molecule has 2 rings (SSSR count). The van der Waals surface area contributed by atoms with Gasteiger partial charge in [-0.05, 0) is 31.4 Å². The molecule has 0 fully saturated rings. The summed E-state index contributed by atoms with van der Waals surface area (Å²) in [5.74, 6) is -0.220. The Bertz CT molecular complexity index is 1120. The van der Waals surface area contributed by atoms with E-state index in [4.69, 9.17) is 14.2 Å². The Balaban J connectivity index is 1.55. The predicted octanol–water partition coefficient (Wildman–Crippen LogP) is 9.23. The molecular weight excluding hydrogens is 602 g/mol.